The SMILES string of the molecule is O=S(=O)(Nc1ccc(-c2ncn[nH]2)cc1F)N1CCCCC1. The molecule has 2 aromatic rings. The highest BCUT2D eigenvalue weighted by Crippen LogP contribution is 2.23. The number of rotatable bonds is 4. The first kappa shape index (κ1) is 14.9. The van der Waals surface area contributed by atoms with Crippen LogP contribution in [-0.4, -0.2) is 41.0 Å². The third kappa shape index (κ3) is 3.09. The van der Waals surface area contributed by atoms with Gasteiger partial charge in [0.2, 0.25) is 0 Å². The van der Waals surface area contributed by atoms with E-state index in [1.54, 1.807) is 6.07 Å². The standard InChI is InChI=1S/C13H16FN5O2S/c14-11-8-10(13-15-9-16-17-13)4-5-12(11)18-22(20,21)19-6-2-1-3-7-19/h4-5,8-9,18H,1-3,6-7H2,(H,15,16,17). The van der Waals surface area contributed by atoms with Crippen LogP contribution in [0.1, 0.15) is 19.3 Å². The number of hydrogen-bond donors (Lipinski definition) is 2. The summed E-state index contributed by atoms with van der Waals surface area (Å²) in [6.07, 6.45) is 3.99. The van der Waals surface area contributed by atoms with E-state index in [0.717, 1.165) is 19.3 Å². The fraction of sp³-hybridized carbons (Fsp3) is 0.385. The molecule has 0 saturated carbocycles. The minimum atomic E-state index is -3.72. The lowest BCUT2D eigenvalue weighted by molar-refractivity contribution is 0.349. The number of hydrogen-bond acceptors (Lipinski definition) is 4. The first-order valence-corrected chi connectivity index (χ1v) is 8.43. The summed E-state index contributed by atoms with van der Waals surface area (Å²) in [5.41, 5.74) is 0.421. The molecule has 0 aliphatic carbocycles. The highest BCUT2D eigenvalue weighted by atomic mass is 32.2. The van der Waals surface area contributed by atoms with Gasteiger partial charge in [-0.05, 0) is 31.0 Å². The Morgan fingerprint density at radius 2 is 2.00 bits per heavy atom. The van der Waals surface area contributed by atoms with Gasteiger partial charge in [-0.2, -0.15) is 17.8 Å². The average Bonchev–Trinajstić information content (AvgIpc) is 3.04. The Kier molecular flexibility index (Phi) is 4.08. The van der Waals surface area contributed by atoms with Crippen molar-refractivity contribution >= 4 is 15.9 Å². The van der Waals surface area contributed by atoms with Crippen molar-refractivity contribution < 1.29 is 12.8 Å². The Morgan fingerprint density at radius 3 is 2.64 bits per heavy atom. The lowest BCUT2D eigenvalue weighted by atomic mass is 10.2. The highest BCUT2D eigenvalue weighted by Gasteiger charge is 2.24. The molecule has 22 heavy (non-hydrogen) atoms. The van der Waals surface area contributed by atoms with Gasteiger partial charge in [-0.25, -0.2) is 9.37 Å². The molecule has 1 aromatic carbocycles. The van der Waals surface area contributed by atoms with E-state index in [9.17, 15) is 12.8 Å². The summed E-state index contributed by atoms with van der Waals surface area (Å²) in [7, 11) is -3.72. The largest absolute Gasteiger partial charge is 0.301 e. The molecule has 7 nitrogen and oxygen atoms in total. The summed E-state index contributed by atoms with van der Waals surface area (Å²) in [4.78, 5) is 3.93. The van der Waals surface area contributed by atoms with Crippen LogP contribution in [0.3, 0.4) is 0 Å². The number of nitrogens with zero attached hydrogens (tertiary/aromatic N) is 3. The number of piperidine rings is 1. The molecule has 2 N–H and O–H groups in total. The number of aromatic nitrogens is 3. The van der Waals surface area contributed by atoms with E-state index in [4.69, 9.17) is 0 Å². The summed E-state index contributed by atoms with van der Waals surface area (Å²) in [5, 5.41) is 6.32. The van der Waals surface area contributed by atoms with Crippen molar-refractivity contribution in [2.24, 2.45) is 0 Å². The third-order valence-corrected chi connectivity index (χ3v) is 5.07. The summed E-state index contributed by atoms with van der Waals surface area (Å²) < 4.78 is 42.3. The maximum atomic E-state index is 14.1. The van der Waals surface area contributed by atoms with Crippen molar-refractivity contribution in [2.45, 2.75) is 19.3 Å². The van der Waals surface area contributed by atoms with Crippen LogP contribution in [0.15, 0.2) is 24.5 Å². The minimum Gasteiger partial charge on any atom is -0.268 e. The minimum absolute atomic E-state index is 0.0751. The zero-order valence-corrected chi connectivity index (χ0v) is 12.6. The van der Waals surface area contributed by atoms with E-state index in [-0.39, 0.29) is 5.69 Å². The molecule has 0 bridgehead atoms. The molecule has 1 aromatic heterocycles. The average molecular weight is 325 g/mol. The van der Waals surface area contributed by atoms with E-state index >= 15 is 0 Å². The lowest BCUT2D eigenvalue weighted by Crippen LogP contribution is -2.39. The second-order valence-electron chi connectivity index (χ2n) is 5.10. The van der Waals surface area contributed by atoms with Crippen molar-refractivity contribution in [3.05, 3.63) is 30.3 Å². The molecule has 1 saturated heterocycles. The number of benzene rings is 1. The number of aromatic amines is 1. The topological polar surface area (TPSA) is 91.0 Å². The normalized spacial score (nSPS) is 16.6. The van der Waals surface area contributed by atoms with Crippen LogP contribution >= 0.6 is 0 Å². The molecule has 1 fully saturated rings. The summed E-state index contributed by atoms with van der Waals surface area (Å²) in [6.45, 7) is 0.931. The zero-order valence-electron chi connectivity index (χ0n) is 11.8. The third-order valence-electron chi connectivity index (χ3n) is 3.55. The van der Waals surface area contributed by atoms with E-state index in [1.165, 1.54) is 22.8 Å². The van der Waals surface area contributed by atoms with Gasteiger partial charge in [-0.15, -0.1) is 0 Å². The van der Waals surface area contributed by atoms with Crippen molar-refractivity contribution in [2.75, 3.05) is 17.8 Å². The first-order valence-electron chi connectivity index (χ1n) is 6.99. The highest BCUT2D eigenvalue weighted by molar-refractivity contribution is 7.90. The molecule has 9 heteroatoms. The van der Waals surface area contributed by atoms with Crippen LogP contribution in [0.5, 0.6) is 0 Å². The van der Waals surface area contributed by atoms with Gasteiger partial charge < -0.3 is 0 Å². The van der Waals surface area contributed by atoms with Gasteiger partial charge in [0.25, 0.3) is 0 Å². The second-order valence-corrected chi connectivity index (χ2v) is 6.77. The monoisotopic (exact) mass is 325 g/mol. The Hall–Kier alpha value is -2.00. The zero-order chi connectivity index (χ0) is 15.6. The molecule has 2 heterocycles. The van der Waals surface area contributed by atoms with E-state index in [2.05, 4.69) is 19.9 Å². The van der Waals surface area contributed by atoms with Gasteiger partial charge in [0.15, 0.2) is 5.82 Å². The van der Waals surface area contributed by atoms with Crippen LogP contribution in [0.2, 0.25) is 0 Å². The van der Waals surface area contributed by atoms with Crippen molar-refractivity contribution in [1.82, 2.24) is 19.5 Å². The molecule has 0 spiro atoms. The van der Waals surface area contributed by atoms with Crippen molar-refractivity contribution in [3.63, 3.8) is 0 Å². The van der Waals surface area contributed by atoms with Crippen LogP contribution in [0.25, 0.3) is 11.4 Å². The predicted octanol–water partition coefficient (Wildman–Crippen LogP) is 1.75. The Bertz CT molecular complexity index is 742. The Morgan fingerprint density at radius 1 is 1.23 bits per heavy atom. The van der Waals surface area contributed by atoms with E-state index in [0.29, 0.717) is 24.5 Å². The molecule has 3 rings (SSSR count). The van der Waals surface area contributed by atoms with Crippen LogP contribution in [0.4, 0.5) is 10.1 Å². The summed E-state index contributed by atoms with van der Waals surface area (Å²) in [6, 6.07) is 4.18. The molecule has 1 aliphatic heterocycles. The fourth-order valence-corrected chi connectivity index (χ4v) is 3.71. The fourth-order valence-electron chi connectivity index (χ4n) is 2.40. The summed E-state index contributed by atoms with van der Waals surface area (Å²) in [5.74, 6) is -0.237. The van der Waals surface area contributed by atoms with Gasteiger partial charge in [-0.3, -0.25) is 9.82 Å². The number of anilines is 1. The van der Waals surface area contributed by atoms with Gasteiger partial charge in [-0.1, -0.05) is 6.42 Å². The second kappa shape index (κ2) is 6.01. The maximum Gasteiger partial charge on any atom is 0.301 e. The predicted molar refractivity (Wildman–Crippen MR) is 79.7 cm³/mol. The van der Waals surface area contributed by atoms with Crippen LogP contribution in [0, 0.1) is 5.82 Å². The molecule has 0 atom stereocenters. The van der Waals surface area contributed by atoms with Crippen molar-refractivity contribution in [1.29, 1.82) is 0 Å². The van der Waals surface area contributed by atoms with Gasteiger partial charge in [0.05, 0.1) is 5.69 Å². The molecular formula is C13H16FN5O2S. The molecule has 118 valence electrons. The number of H-pyrrole nitrogens is 1. The molecular weight excluding hydrogens is 309 g/mol. The molecule has 1 aliphatic rings. The number of halogens is 1. The first-order chi connectivity index (χ1) is 10.6. The lowest BCUT2D eigenvalue weighted by Gasteiger charge is -2.26. The van der Waals surface area contributed by atoms with Gasteiger partial charge in [0.1, 0.15) is 12.1 Å². The van der Waals surface area contributed by atoms with E-state index in [1.807, 2.05) is 0 Å². The van der Waals surface area contributed by atoms with Crippen LogP contribution < -0.4 is 4.72 Å². The van der Waals surface area contributed by atoms with Crippen LogP contribution in [-0.2, 0) is 10.2 Å². The molecule has 0 unspecified atom stereocenters. The molecule has 0 radical (unpaired) electrons. The molecule has 0 amide bonds. The van der Waals surface area contributed by atoms with Gasteiger partial charge >= 0.3 is 10.2 Å². The number of nitrogens with one attached hydrogen (secondary N) is 2. The van der Waals surface area contributed by atoms with Crippen molar-refractivity contribution in [3.8, 4) is 11.4 Å². The van der Waals surface area contributed by atoms with E-state index < -0.39 is 16.0 Å². The van der Waals surface area contributed by atoms with Gasteiger partial charge in [0, 0.05) is 18.7 Å². The Balaban J connectivity index is 1.80. The smallest absolute Gasteiger partial charge is 0.268 e. The summed E-state index contributed by atoms with van der Waals surface area (Å²) >= 11 is 0. The quantitative estimate of drug-likeness (QED) is 0.896. The Labute approximate surface area is 127 Å². The maximum absolute atomic E-state index is 14.1.